The number of carboxylic acid groups (broad SMARTS) is 1. The van der Waals surface area contributed by atoms with Crippen molar-refractivity contribution >= 4 is 5.97 Å². The lowest BCUT2D eigenvalue weighted by Gasteiger charge is -2.19. The van der Waals surface area contributed by atoms with Crippen LogP contribution in [0.3, 0.4) is 0 Å². The zero-order valence-electron chi connectivity index (χ0n) is 14.0. The zero-order chi connectivity index (χ0) is 15.2. The van der Waals surface area contributed by atoms with E-state index in [1.54, 1.807) is 0 Å². The molecule has 0 amide bonds. The Morgan fingerprint density at radius 3 is 1.80 bits per heavy atom. The van der Waals surface area contributed by atoms with Gasteiger partial charge >= 0.3 is 5.97 Å². The van der Waals surface area contributed by atoms with Gasteiger partial charge in [-0.2, -0.15) is 0 Å². The largest absolute Gasteiger partial charge is 0.481 e. The van der Waals surface area contributed by atoms with Crippen LogP contribution in [0.5, 0.6) is 0 Å². The van der Waals surface area contributed by atoms with Crippen molar-refractivity contribution in [2.75, 3.05) is 0 Å². The van der Waals surface area contributed by atoms with Gasteiger partial charge in [0.25, 0.3) is 0 Å². The van der Waals surface area contributed by atoms with Crippen molar-refractivity contribution in [3.05, 3.63) is 0 Å². The van der Waals surface area contributed by atoms with Crippen LogP contribution < -0.4 is 0 Å². The van der Waals surface area contributed by atoms with Crippen molar-refractivity contribution in [3.8, 4) is 0 Å². The number of aliphatic carboxylic acids is 1. The van der Waals surface area contributed by atoms with Gasteiger partial charge in [0.05, 0.1) is 5.92 Å². The fourth-order valence-corrected chi connectivity index (χ4v) is 2.88. The molecule has 0 rings (SSSR count). The summed E-state index contributed by atoms with van der Waals surface area (Å²) in [6.45, 7) is 6.50. The van der Waals surface area contributed by atoms with E-state index >= 15 is 0 Å². The van der Waals surface area contributed by atoms with E-state index in [0.717, 1.165) is 25.7 Å². The summed E-state index contributed by atoms with van der Waals surface area (Å²) in [6, 6.07) is 0. The summed E-state index contributed by atoms with van der Waals surface area (Å²) in [4.78, 5) is 11.3. The first-order valence-corrected chi connectivity index (χ1v) is 8.86. The third-order valence-corrected chi connectivity index (χ3v) is 4.39. The third kappa shape index (κ3) is 10.3. The van der Waals surface area contributed by atoms with Crippen molar-refractivity contribution in [1.82, 2.24) is 0 Å². The highest BCUT2D eigenvalue weighted by Crippen LogP contribution is 2.24. The van der Waals surface area contributed by atoms with Gasteiger partial charge in [0, 0.05) is 0 Å². The fourth-order valence-electron chi connectivity index (χ4n) is 2.88. The lowest BCUT2D eigenvalue weighted by atomic mass is 9.85. The number of unbranched alkanes of at least 4 members (excludes halogenated alkanes) is 8. The van der Waals surface area contributed by atoms with Crippen molar-refractivity contribution < 1.29 is 9.90 Å². The average Bonchev–Trinajstić information content (AvgIpc) is 2.42. The van der Waals surface area contributed by atoms with Crippen molar-refractivity contribution in [2.45, 2.75) is 97.8 Å². The molecule has 1 N–H and O–H groups in total. The lowest BCUT2D eigenvalue weighted by Crippen LogP contribution is -2.21. The molecular formula is C18H36O2. The van der Waals surface area contributed by atoms with Crippen molar-refractivity contribution in [1.29, 1.82) is 0 Å². The van der Waals surface area contributed by atoms with Crippen LogP contribution in [0.25, 0.3) is 0 Å². The van der Waals surface area contributed by atoms with Gasteiger partial charge in [-0.1, -0.05) is 85.0 Å². The molecule has 0 aromatic heterocycles. The molecule has 120 valence electrons. The average molecular weight is 284 g/mol. The number of carbonyl (C=O) groups is 1. The molecule has 20 heavy (non-hydrogen) atoms. The highest BCUT2D eigenvalue weighted by molar-refractivity contribution is 5.70. The highest BCUT2D eigenvalue weighted by Gasteiger charge is 2.23. The number of hydrogen-bond donors (Lipinski definition) is 1. The van der Waals surface area contributed by atoms with Gasteiger partial charge in [0.2, 0.25) is 0 Å². The monoisotopic (exact) mass is 284 g/mol. The van der Waals surface area contributed by atoms with Crippen LogP contribution in [-0.2, 0) is 4.79 Å². The molecule has 0 aromatic rings. The highest BCUT2D eigenvalue weighted by atomic mass is 16.4. The Kier molecular flexibility index (Phi) is 13.1. The Morgan fingerprint density at radius 1 is 0.800 bits per heavy atom. The Balaban J connectivity index is 3.63. The smallest absolute Gasteiger partial charge is 0.306 e. The second-order valence-corrected chi connectivity index (χ2v) is 6.33. The molecule has 2 heteroatoms. The van der Waals surface area contributed by atoms with Crippen LogP contribution in [0.15, 0.2) is 0 Å². The minimum Gasteiger partial charge on any atom is -0.481 e. The molecule has 0 saturated heterocycles. The van der Waals surface area contributed by atoms with Crippen LogP contribution >= 0.6 is 0 Å². The van der Waals surface area contributed by atoms with Gasteiger partial charge in [-0.05, 0) is 18.8 Å². The molecular weight excluding hydrogens is 248 g/mol. The fraction of sp³-hybridized carbons (Fsp3) is 0.944. The Labute approximate surface area is 126 Å². The van der Waals surface area contributed by atoms with E-state index in [4.69, 9.17) is 0 Å². The maximum absolute atomic E-state index is 11.3. The molecule has 2 unspecified atom stereocenters. The second-order valence-electron chi connectivity index (χ2n) is 6.33. The van der Waals surface area contributed by atoms with Crippen LogP contribution in [0, 0.1) is 11.8 Å². The lowest BCUT2D eigenvalue weighted by molar-refractivity contribution is -0.143. The minimum absolute atomic E-state index is 0.125. The quantitative estimate of drug-likeness (QED) is 0.394. The van der Waals surface area contributed by atoms with Crippen LogP contribution in [0.1, 0.15) is 97.8 Å². The van der Waals surface area contributed by atoms with Gasteiger partial charge in [-0.25, -0.2) is 0 Å². The van der Waals surface area contributed by atoms with E-state index in [2.05, 4.69) is 20.8 Å². The molecule has 0 saturated carbocycles. The predicted molar refractivity (Wildman–Crippen MR) is 87.0 cm³/mol. The van der Waals surface area contributed by atoms with Crippen molar-refractivity contribution in [3.63, 3.8) is 0 Å². The molecule has 0 bridgehead atoms. The van der Waals surface area contributed by atoms with E-state index < -0.39 is 5.97 Å². The number of carboxylic acids is 1. The van der Waals surface area contributed by atoms with E-state index in [-0.39, 0.29) is 5.92 Å². The van der Waals surface area contributed by atoms with Gasteiger partial charge in [0.1, 0.15) is 0 Å². The SMILES string of the molecule is CCCCCCCCCCC(C)C(CCCC)C(=O)O. The minimum atomic E-state index is -0.592. The predicted octanol–water partition coefficient (Wildman–Crippen LogP) is 6.04. The molecule has 0 aliphatic rings. The first-order chi connectivity index (χ1) is 9.63. The molecule has 0 aromatic carbocycles. The molecule has 0 fully saturated rings. The van der Waals surface area contributed by atoms with Gasteiger partial charge < -0.3 is 5.11 Å². The molecule has 2 atom stereocenters. The zero-order valence-corrected chi connectivity index (χ0v) is 14.0. The van der Waals surface area contributed by atoms with Crippen LogP contribution in [-0.4, -0.2) is 11.1 Å². The molecule has 0 heterocycles. The first-order valence-electron chi connectivity index (χ1n) is 8.86. The van der Waals surface area contributed by atoms with Crippen LogP contribution in [0.4, 0.5) is 0 Å². The van der Waals surface area contributed by atoms with E-state index in [9.17, 15) is 9.90 Å². The van der Waals surface area contributed by atoms with E-state index in [0.29, 0.717) is 5.92 Å². The summed E-state index contributed by atoms with van der Waals surface area (Å²) in [6.07, 6.45) is 14.6. The first kappa shape index (κ1) is 19.5. The maximum atomic E-state index is 11.3. The number of hydrogen-bond acceptors (Lipinski definition) is 1. The van der Waals surface area contributed by atoms with Gasteiger partial charge in [-0.15, -0.1) is 0 Å². The summed E-state index contributed by atoms with van der Waals surface area (Å²) in [7, 11) is 0. The maximum Gasteiger partial charge on any atom is 0.306 e. The third-order valence-electron chi connectivity index (χ3n) is 4.39. The summed E-state index contributed by atoms with van der Waals surface area (Å²) >= 11 is 0. The van der Waals surface area contributed by atoms with Gasteiger partial charge in [0.15, 0.2) is 0 Å². The second kappa shape index (κ2) is 13.5. The van der Waals surface area contributed by atoms with Crippen molar-refractivity contribution in [2.24, 2.45) is 11.8 Å². The Bertz CT molecular complexity index is 225. The standard InChI is InChI=1S/C18H36O2/c1-4-6-8-9-10-11-12-13-14-16(3)17(18(19)20)15-7-5-2/h16-17H,4-15H2,1-3H3,(H,19,20). The Hall–Kier alpha value is -0.530. The van der Waals surface area contributed by atoms with Crippen LogP contribution in [0.2, 0.25) is 0 Å². The molecule has 0 radical (unpaired) electrons. The molecule has 2 nitrogen and oxygen atoms in total. The molecule has 0 aliphatic carbocycles. The number of rotatable bonds is 14. The molecule has 0 spiro atoms. The normalized spacial score (nSPS) is 14.2. The van der Waals surface area contributed by atoms with Gasteiger partial charge in [-0.3, -0.25) is 4.79 Å². The summed E-state index contributed by atoms with van der Waals surface area (Å²) < 4.78 is 0. The molecule has 0 aliphatic heterocycles. The summed E-state index contributed by atoms with van der Waals surface area (Å²) in [5.74, 6) is -0.385. The topological polar surface area (TPSA) is 37.3 Å². The van der Waals surface area contributed by atoms with E-state index in [1.165, 1.54) is 51.4 Å². The summed E-state index contributed by atoms with van der Waals surface area (Å²) in [5, 5.41) is 9.29. The van der Waals surface area contributed by atoms with E-state index in [1.807, 2.05) is 0 Å². The summed E-state index contributed by atoms with van der Waals surface area (Å²) in [5.41, 5.74) is 0. The Morgan fingerprint density at radius 2 is 1.30 bits per heavy atom.